The Morgan fingerprint density at radius 2 is 2.14 bits per heavy atom. The summed E-state index contributed by atoms with van der Waals surface area (Å²) < 4.78 is 10.9. The molecule has 0 bridgehead atoms. The van der Waals surface area contributed by atoms with Crippen molar-refractivity contribution in [2.45, 2.75) is 25.2 Å². The standard InChI is InChI=1S/C17H16N2O3/c1-21-13-7-3-2-5-10(13)15-11(9-18)17(19)22-14-8-4-6-12(20)16(14)15/h2-3,5,7,15H,4,6,8,19H2,1H3/t15-/m0/s1. The minimum atomic E-state index is -0.516. The number of allylic oxidation sites excluding steroid dienone is 3. The maximum absolute atomic E-state index is 12.4. The maximum Gasteiger partial charge on any atom is 0.205 e. The number of ketones is 1. The van der Waals surface area contributed by atoms with E-state index in [0.29, 0.717) is 29.9 Å². The highest BCUT2D eigenvalue weighted by Gasteiger charge is 2.39. The minimum absolute atomic E-state index is 0.0115. The Hall–Kier alpha value is -2.74. The number of rotatable bonds is 2. The number of hydrogen-bond donors (Lipinski definition) is 1. The van der Waals surface area contributed by atoms with E-state index in [1.54, 1.807) is 7.11 Å². The molecule has 0 radical (unpaired) electrons. The average molecular weight is 296 g/mol. The van der Waals surface area contributed by atoms with Gasteiger partial charge in [-0.05, 0) is 12.5 Å². The summed E-state index contributed by atoms with van der Waals surface area (Å²) in [6.45, 7) is 0. The molecule has 1 aliphatic heterocycles. The number of nitriles is 1. The van der Waals surface area contributed by atoms with Gasteiger partial charge in [-0.1, -0.05) is 18.2 Å². The molecule has 22 heavy (non-hydrogen) atoms. The second kappa shape index (κ2) is 5.57. The van der Waals surface area contributed by atoms with Gasteiger partial charge in [-0.2, -0.15) is 5.26 Å². The summed E-state index contributed by atoms with van der Waals surface area (Å²) in [5.41, 5.74) is 7.48. The first-order valence-electron chi connectivity index (χ1n) is 7.14. The van der Waals surface area contributed by atoms with Gasteiger partial charge in [0.15, 0.2) is 5.78 Å². The van der Waals surface area contributed by atoms with Crippen molar-refractivity contribution in [3.63, 3.8) is 0 Å². The Kier molecular flexibility index (Phi) is 3.60. The molecule has 0 spiro atoms. The number of nitrogens with zero attached hydrogens (tertiary/aromatic N) is 1. The summed E-state index contributed by atoms with van der Waals surface area (Å²) in [5, 5.41) is 9.49. The lowest BCUT2D eigenvalue weighted by Gasteiger charge is -2.31. The molecule has 5 heteroatoms. The first kappa shape index (κ1) is 14.2. The van der Waals surface area contributed by atoms with Gasteiger partial charge in [0.2, 0.25) is 5.88 Å². The van der Waals surface area contributed by atoms with E-state index in [1.807, 2.05) is 24.3 Å². The van der Waals surface area contributed by atoms with Crippen molar-refractivity contribution in [2.75, 3.05) is 7.11 Å². The Morgan fingerprint density at radius 3 is 2.86 bits per heavy atom. The second-order valence-corrected chi connectivity index (χ2v) is 5.28. The average Bonchev–Trinajstić information content (AvgIpc) is 2.53. The summed E-state index contributed by atoms with van der Waals surface area (Å²) in [7, 11) is 1.56. The Labute approximate surface area is 128 Å². The van der Waals surface area contributed by atoms with Crippen LogP contribution < -0.4 is 10.5 Å². The number of ether oxygens (including phenoxy) is 2. The first-order valence-corrected chi connectivity index (χ1v) is 7.14. The number of benzene rings is 1. The molecule has 0 fully saturated rings. The number of carbonyl (C=O) groups excluding carboxylic acids is 1. The van der Waals surface area contributed by atoms with Gasteiger partial charge < -0.3 is 15.2 Å². The lowest BCUT2D eigenvalue weighted by atomic mass is 9.77. The molecule has 1 heterocycles. The van der Waals surface area contributed by atoms with Gasteiger partial charge in [0.1, 0.15) is 23.2 Å². The van der Waals surface area contributed by atoms with Crippen LogP contribution in [0.2, 0.25) is 0 Å². The van der Waals surface area contributed by atoms with Crippen LogP contribution in [0, 0.1) is 11.3 Å². The summed E-state index contributed by atoms with van der Waals surface area (Å²) in [5.74, 6) is 0.783. The number of para-hydroxylation sites is 1. The molecule has 0 saturated heterocycles. The summed E-state index contributed by atoms with van der Waals surface area (Å²) in [6.07, 6.45) is 1.87. The Morgan fingerprint density at radius 1 is 1.36 bits per heavy atom. The third kappa shape index (κ3) is 2.13. The number of methoxy groups -OCH3 is 1. The zero-order valence-electron chi connectivity index (χ0n) is 12.3. The molecule has 2 aliphatic rings. The van der Waals surface area contributed by atoms with Gasteiger partial charge in [-0.25, -0.2) is 0 Å². The number of nitrogens with two attached hydrogens (primary N) is 1. The first-order chi connectivity index (χ1) is 10.7. The Bertz CT molecular complexity index is 741. The van der Waals surface area contributed by atoms with Crippen LogP contribution in [0.3, 0.4) is 0 Å². The highest BCUT2D eigenvalue weighted by atomic mass is 16.5. The van der Waals surface area contributed by atoms with Crippen LogP contribution in [-0.4, -0.2) is 12.9 Å². The molecule has 0 amide bonds. The van der Waals surface area contributed by atoms with Gasteiger partial charge in [0.25, 0.3) is 0 Å². The fraction of sp³-hybridized carbons (Fsp3) is 0.294. The third-order valence-corrected chi connectivity index (χ3v) is 4.05. The van der Waals surface area contributed by atoms with Gasteiger partial charge in [0, 0.05) is 24.0 Å². The van der Waals surface area contributed by atoms with Crippen molar-refractivity contribution >= 4 is 5.78 Å². The molecule has 5 nitrogen and oxygen atoms in total. The molecule has 3 rings (SSSR count). The largest absolute Gasteiger partial charge is 0.496 e. The zero-order chi connectivity index (χ0) is 15.7. The predicted molar refractivity (Wildman–Crippen MR) is 79.5 cm³/mol. The highest BCUT2D eigenvalue weighted by molar-refractivity contribution is 5.99. The van der Waals surface area contributed by atoms with Crippen molar-refractivity contribution in [2.24, 2.45) is 5.73 Å². The van der Waals surface area contributed by atoms with Gasteiger partial charge in [-0.15, -0.1) is 0 Å². The van der Waals surface area contributed by atoms with Crippen molar-refractivity contribution in [1.29, 1.82) is 5.26 Å². The van der Waals surface area contributed by atoms with E-state index >= 15 is 0 Å². The van der Waals surface area contributed by atoms with Crippen molar-refractivity contribution < 1.29 is 14.3 Å². The lowest BCUT2D eigenvalue weighted by molar-refractivity contribution is -0.116. The molecule has 0 saturated carbocycles. The molecule has 2 N–H and O–H groups in total. The molecule has 1 aromatic carbocycles. The van der Waals surface area contributed by atoms with Crippen molar-refractivity contribution in [1.82, 2.24) is 0 Å². The molecule has 0 unspecified atom stereocenters. The monoisotopic (exact) mass is 296 g/mol. The van der Waals surface area contributed by atoms with Gasteiger partial charge in [0.05, 0.1) is 13.0 Å². The summed E-state index contributed by atoms with van der Waals surface area (Å²) in [6, 6.07) is 9.46. The SMILES string of the molecule is COc1ccccc1[C@H]1C(C#N)=C(N)OC2=C1C(=O)CCC2. The normalized spacial score (nSPS) is 21.1. The van der Waals surface area contributed by atoms with E-state index in [-0.39, 0.29) is 17.2 Å². The van der Waals surface area contributed by atoms with Crippen molar-refractivity contribution in [3.8, 4) is 11.8 Å². The van der Waals surface area contributed by atoms with E-state index in [4.69, 9.17) is 15.2 Å². The maximum atomic E-state index is 12.4. The molecule has 1 aromatic rings. The van der Waals surface area contributed by atoms with Crippen molar-refractivity contribution in [3.05, 3.63) is 52.6 Å². The topological polar surface area (TPSA) is 85.3 Å². The van der Waals surface area contributed by atoms with Gasteiger partial charge in [-0.3, -0.25) is 4.79 Å². The van der Waals surface area contributed by atoms with Crippen LogP contribution in [0.25, 0.3) is 0 Å². The van der Waals surface area contributed by atoms with E-state index in [1.165, 1.54) is 0 Å². The fourth-order valence-corrected chi connectivity index (χ4v) is 3.07. The highest BCUT2D eigenvalue weighted by Crippen LogP contribution is 2.45. The number of hydrogen-bond acceptors (Lipinski definition) is 5. The van der Waals surface area contributed by atoms with Crippen LogP contribution in [-0.2, 0) is 9.53 Å². The number of carbonyl (C=O) groups is 1. The smallest absolute Gasteiger partial charge is 0.205 e. The van der Waals surface area contributed by atoms with Crippen LogP contribution in [0.15, 0.2) is 47.1 Å². The minimum Gasteiger partial charge on any atom is -0.496 e. The number of Topliss-reactive ketones (excluding diaryl/α,β-unsaturated/α-hetero) is 1. The van der Waals surface area contributed by atoms with Crippen LogP contribution >= 0.6 is 0 Å². The summed E-state index contributed by atoms with van der Waals surface area (Å²) >= 11 is 0. The molecule has 112 valence electrons. The van der Waals surface area contributed by atoms with E-state index in [0.717, 1.165) is 12.0 Å². The lowest BCUT2D eigenvalue weighted by Crippen LogP contribution is -2.27. The molecular formula is C17H16N2O3. The molecule has 1 aliphatic carbocycles. The van der Waals surface area contributed by atoms with Crippen LogP contribution in [0.1, 0.15) is 30.7 Å². The fourth-order valence-electron chi connectivity index (χ4n) is 3.07. The molecule has 0 aromatic heterocycles. The van der Waals surface area contributed by atoms with Gasteiger partial charge >= 0.3 is 0 Å². The molecule has 1 atom stereocenters. The molecular weight excluding hydrogens is 280 g/mol. The summed E-state index contributed by atoms with van der Waals surface area (Å²) in [4.78, 5) is 12.4. The van der Waals surface area contributed by atoms with E-state index in [9.17, 15) is 10.1 Å². The predicted octanol–water partition coefficient (Wildman–Crippen LogP) is 2.51. The zero-order valence-corrected chi connectivity index (χ0v) is 12.3. The van der Waals surface area contributed by atoms with E-state index < -0.39 is 5.92 Å². The quantitative estimate of drug-likeness (QED) is 0.906. The Balaban J connectivity index is 2.23. The third-order valence-electron chi connectivity index (χ3n) is 4.05. The second-order valence-electron chi connectivity index (χ2n) is 5.28. The van der Waals surface area contributed by atoms with Crippen LogP contribution in [0.4, 0.5) is 0 Å². The van der Waals surface area contributed by atoms with Crippen LogP contribution in [0.5, 0.6) is 5.75 Å². The van der Waals surface area contributed by atoms with E-state index in [2.05, 4.69) is 6.07 Å².